The van der Waals surface area contributed by atoms with E-state index >= 15 is 0 Å². The van der Waals surface area contributed by atoms with Crippen LogP contribution < -0.4 is 0 Å². The molecule has 0 aromatic carbocycles. The van der Waals surface area contributed by atoms with Crippen molar-refractivity contribution in [3.05, 3.63) is 6.92 Å². The first-order chi connectivity index (χ1) is 4.39. The van der Waals surface area contributed by atoms with E-state index in [-0.39, 0.29) is 16.0 Å². The number of Topliss-reactive ketones (excluding diaryl/α,β-unsaturated/α-hetero) is 1. The highest BCUT2D eigenvalue weighted by Gasteiger charge is 2.26. The molecule has 0 aromatic heterocycles. The third-order valence-electron chi connectivity index (χ3n) is 1.28. The monoisotopic (exact) mass is 205 g/mol. The summed E-state index contributed by atoms with van der Waals surface area (Å²) in [5, 5.41) is 0. The largest absolute Gasteiger partial charge is 0.298 e. The van der Waals surface area contributed by atoms with Crippen molar-refractivity contribution in [3.63, 3.8) is 0 Å². The zero-order valence-corrected chi connectivity index (χ0v) is 8.36. The number of halogens is 1. The smallest absolute Gasteiger partial charge is 0.151 e. The molecule has 0 heterocycles. The molecule has 1 radical (unpaired) electrons. The van der Waals surface area contributed by atoms with Crippen molar-refractivity contribution in [3.8, 4) is 0 Å². The van der Waals surface area contributed by atoms with Gasteiger partial charge in [-0.05, 0) is 6.42 Å². The summed E-state index contributed by atoms with van der Waals surface area (Å²) < 4.78 is 0. The zero-order chi connectivity index (χ0) is 8.36. The highest BCUT2D eigenvalue weighted by Crippen LogP contribution is 2.21. The third-order valence-corrected chi connectivity index (χ3v) is 2.15. The maximum absolute atomic E-state index is 11.3. The van der Waals surface area contributed by atoms with E-state index in [0.717, 1.165) is 0 Å². The summed E-state index contributed by atoms with van der Waals surface area (Å²) in [6.07, 6.45) is 0.621. The van der Waals surface area contributed by atoms with Crippen molar-refractivity contribution in [2.24, 2.45) is 5.41 Å². The van der Waals surface area contributed by atoms with Crippen LogP contribution in [0.15, 0.2) is 0 Å². The second kappa shape index (κ2) is 3.51. The highest BCUT2D eigenvalue weighted by molar-refractivity contribution is 9.10. The molecule has 0 saturated carbocycles. The number of rotatable bonds is 2. The van der Waals surface area contributed by atoms with Crippen LogP contribution >= 0.6 is 15.9 Å². The minimum atomic E-state index is -0.244. The van der Waals surface area contributed by atoms with Gasteiger partial charge in [-0.25, -0.2) is 0 Å². The lowest BCUT2D eigenvalue weighted by molar-refractivity contribution is -0.125. The van der Waals surface area contributed by atoms with Gasteiger partial charge in [-0.15, -0.1) is 0 Å². The minimum Gasteiger partial charge on any atom is -0.298 e. The lowest BCUT2D eigenvalue weighted by atomic mass is 9.88. The highest BCUT2D eigenvalue weighted by atomic mass is 79.9. The molecule has 0 aliphatic carbocycles. The van der Waals surface area contributed by atoms with Gasteiger partial charge in [0.25, 0.3) is 0 Å². The predicted octanol–water partition coefficient (Wildman–Crippen LogP) is 2.59. The third kappa shape index (κ3) is 2.82. The number of ketones is 1. The van der Waals surface area contributed by atoms with Crippen LogP contribution in [0.3, 0.4) is 0 Å². The van der Waals surface area contributed by atoms with Gasteiger partial charge in [0.2, 0.25) is 0 Å². The molecule has 0 spiro atoms. The molecule has 0 N–H and O–H groups in total. The second-order valence-electron chi connectivity index (χ2n) is 3.37. The van der Waals surface area contributed by atoms with E-state index in [0.29, 0.717) is 6.42 Å². The molecule has 0 bridgehead atoms. The maximum atomic E-state index is 11.3. The van der Waals surface area contributed by atoms with Crippen molar-refractivity contribution in [2.45, 2.75) is 32.0 Å². The molecule has 10 heavy (non-hydrogen) atoms. The van der Waals surface area contributed by atoms with E-state index < -0.39 is 0 Å². The fraction of sp³-hybridized carbons (Fsp3) is 0.750. The molecular weight excluding hydrogens is 192 g/mol. The Kier molecular flexibility index (Phi) is 3.57. The molecule has 1 unspecified atom stereocenters. The van der Waals surface area contributed by atoms with Crippen LogP contribution in [-0.2, 0) is 4.79 Å². The second-order valence-corrected chi connectivity index (χ2v) is 4.48. The van der Waals surface area contributed by atoms with E-state index in [4.69, 9.17) is 0 Å². The van der Waals surface area contributed by atoms with Crippen molar-refractivity contribution < 1.29 is 4.79 Å². The summed E-state index contributed by atoms with van der Waals surface area (Å²) in [5.41, 5.74) is -0.244. The lowest BCUT2D eigenvalue weighted by Crippen LogP contribution is -2.28. The van der Waals surface area contributed by atoms with Crippen LogP contribution in [0, 0.1) is 12.3 Å². The first-order valence-corrected chi connectivity index (χ1v) is 4.28. The molecular formula is C8H14BrO. The Morgan fingerprint density at radius 2 is 2.00 bits per heavy atom. The summed E-state index contributed by atoms with van der Waals surface area (Å²) in [5.74, 6) is 0.225. The Balaban J connectivity index is 4.09. The lowest BCUT2D eigenvalue weighted by Gasteiger charge is -2.19. The molecule has 0 aliphatic rings. The van der Waals surface area contributed by atoms with Gasteiger partial charge < -0.3 is 0 Å². The Labute approximate surface area is 71.3 Å². The van der Waals surface area contributed by atoms with Gasteiger partial charge in [-0.1, -0.05) is 43.6 Å². The van der Waals surface area contributed by atoms with Gasteiger partial charge in [0, 0.05) is 5.41 Å². The van der Waals surface area contributed by atoms with Gasteiger partial charge in [0.1, 0.15) is 0 Å². The van der Waals surface area contributed by atoms with Crippen LogP contribution in [0.25, 0.3) is 0 Å². The van der Waals surface area contributed by atoms with E-state index in [1.54, 1.807) is 0 Å². The summed E-state index contributed by atoms with van der Waals surface area (Å²) in [6, 6.07) is 0. The van der Waals surface area contributed by atoms with Gasteiger partial charge in [-0.3, -0.25) is 4.79 Å². The maximum Gasteiger partial charge on any atom is 0.151 e. The standard InChI is InChI=1S/C8H14BrO/c1-5-6(9)7(10)8(2,3)4/h6H,1,5H2,2-4H3. The molecule has 0 aromatic rings. The van der Waals surface area contributed by atoms with E-state index in [2.05, 4.69) is 22.9 Å². The van der Waals surface area contributed by atoms with Gasteiger partial charge >= 0.3 is 0 Å². The molecule has 0 saturated heterocycles. The summed E-state index contributed by atoms with van der Waals surface area (Å²) >= 11 is 3.27. The van der Waals surface area contributed by atoms with Crippen LogP contribution in [0.5, 0.6) is 0 Å². The van der Waals surface area contributed by atoms with Gasteiger partial charge in [-0.2, -0.15) is 0 Å². The Hall–Kier alpha value is 0.150. The molecule has 0 aliphatic heterocycles. The summed E-state index contributed by atoms with van der Waals surface area (Å²) in [7, 11) is 0. The van der Waals surface area contributed by atoms with E-state index in [1.165, 1.54) is 0 Å². The average molecular weight is 206 g/mol. The van der Waals surface area contributed by atoms with Crippen LogP contribution in [-0.4, -0.2) is 10.6 Å². The molecule has 1 nitrogen and oxygen atoms in total. The van der Waals surface area contributed by atoms with Crippen molar-refractivity contribution >= 4 is 21.7 Å². The average Bonchev–Trinajstić information content (AvgIpc) is 1.83. The SMILES string of the molecule is [CH2]CC(Br)C(=O)C(C)(C)C. The number of alkyl halides is 1. The van der Waals surface area contributed by atoms with Crippen molar-refractivity contribution in [1.29, 1.82) is 0 Å². The number of carbonyl (C=O) groups is 1. The molecule has 1 atom stereocenters. The van der Waals surface area contributed by atoms with Crippen LogP contribution in [0.1, 0.15) is 27.2 Å². The van der Waals surface area contributed by atoms with Crippen molar-refractivity contribution in [2.75, 3.05) is 0 Å². The predicted molar refractivity (Wildman–Crippen MR) is 47.2 cm³/mol. The fourth-order valence-corrected chi connectivity index (χ4v) is 1.29. The Morgan fingerprint density at radius 3 is 2.10 bits per heavy atom. The Morgan fingerprint density at radius 1 is 1.60 bits per heavy atom. The number of carbonyl (C=O) groups excluding carboxylic acids is 1. The van der Waals surface area contributed by atoms with Gasteiger partial charge in [0.05, 0.1) is 4.83 Å². The minimum absolute atomic E-state index is 0.0764. The molecule has 2 heteroatoms. The topological polar surface area (TPSA) is 17.1 Å². The number of hydrogen-bond donors (Lipinski definition) is 0. The number of hydrogen-bond acceptors (Lipinski definition) is 1. The molecule has 0 amide bonds. The van der Waals surface area contributed by atoms with Crippen LogP contribution in [0.2, 0.25) is 0 Å². The van der Waals surface area contributed by atoms with Gasteiger partial charge in [0.15, 0.2) is 5.78 Å². The van der Waals surface area contributed by atoms with Crippen LogP contribution in [0.4, 0.5) is 0 Å². The van der Waals surface area contributed by atoms with E-state index in [1.807, 2.05) is 20.8 Å². The normalized spacial score (nSPS) is 14.9. The van der Waals surface area contributed by atoms with E-state index in [9.17, 15) is 4.79 Å². The zero-order valence-electron chi connectivity index (χ0n) is 6.78. The Bertz CT molecular complexity index is 124. The fourth-order valence-electron chi connectivity index (χ4n) is 0.601. The first kappa shape index (κ1) is 10.2. The summed E-state index contributed by atoms with van der Waals surface area (Å²) in [4.78, 5) is 11.2. The first-order valence-electron chi connectivity index (χ1n) is 3.37. The molecule has 0 rings (SSSR count). The van der Waals surface area contributed by atoms with Crippen molar-refractivity contribution in [1.82, 2.24) is 0 Å². The molecule has 59 valence electrons. The summed E-state index contributed by atoms with van der Waals surface area (Å²) in [6.45, 7) is 9.40. The quantitative estimate of drug-likeness (QED) is 0.634. The molecule has 0 fully saturated rings.